The van der Waals surface area contributed by atoms with E-state index in [0.29, 0.717) is 10.5 Å². The molecule has 0 N–H and O–H groups in total. The van der Waals surface area contributed by atoms with Gasteiger partial charge in [-0.15, -0.1) is 11.8 Å². The number of nitrogens with zero attached hydrogens (tertiary/aromatic N) is 1. The molecule has 2 aliphatic rings. The fourth-order valence-corrected chi connectivity index (χ4v) is 5.04. The summed E-state index contributed by atoms with van der Waals surface area (Å²) in [5, 5.41) is 0.261. The third kappa shape index (κ3) is 3.75. The zero-order chi connectivity index (χ0) is 18.8. The Hall–Kier alpha value is -1.55. The zero-order valence-electron chi connectivity index (χ0n) is 16.3. The molecule has 0 atom stereocenters. The number of carbonyl (C=O) groups excluding carboxylic acids is 2. The number of imide groups is 1. The van der Waals surface area contributed by atoms with Gasteiger partial charge in [0, 0.05) is 11.3 Å². The fourth-order valence-electron chi connectivity index (χ4n) is 4.05. The molecular formula is C22H29NO2S. The highest BCUT2D eigenvalue weighted by Gasteiger charge is 2.43. The average molecular weight is 372 g/mol. The van der Waals surface area contributed by atoms with Crippen molar-refractivity contribution in [3.8, 4) is 0 Å². The van der Waals surface area contributed by atoms with Gasteiger partial charge in [0.15, 0.2) is 0 Å². The number of rotatable bonds is 4. The van der Waals surface area contributed by atoms with Gasteiger partial charge in [0.2, 0.25) is 0 Å². The van der Waals surface area contributed by atoms with Gasteiger partial charge in [0.25, 0.3) is 11.8 Å². The number of aryl methyl sites for hydroxylation is 2. The molecule has 140 valence electrons. The van der Waals surface area contributed by atoms with Crippen molar-refractivity contribution in [3.05, 3.63) is 39.8 Å². The lowest BCUT2D eigenvalue weighted by Crippen LogP contribution is -2.40. The van der Waals surface area contributed by atoms with Crippen molar-refractivity contribution in [2.45, 2.75) is 77.5 Å². The van der Waals surface area contributed by atoms with E-state index in [1.54, 1.807) is 4.90 Å². The first kappa shape index (κ1) is 19.2. The Balaban J connectivity index is 2.03. The van der Waals surface area contributed by atoms with E-state index in [4.69, 9.17) is 0 Å². The lowest BCUT2D eigenvalue weighted by atomic mass is 9.98. The van der Waals surface area contributed by atoms with E-state index < -0.39 is 0 Å². The molecule has 3 nitrogen and oxygen atoms in total. The molecule has 0 radical (unpaired) electrons. The number of hydrogen-bond donors (Lipinski definition) is 0. The SMILES string of the molecule is Cc1ccc(C2=C(SC(C)C)C(=O)N(C3CCCCCC3)C2=O)c(C)c1. The molecular weight excluding hydrogens is 342 g/mol. The number of amides is 2. The second-order valence-corrected chi connectivity index (χ2v) is 9.40. The van der Waals surface area contributed by atoms with Crippen molar-refractivity contribution >= 4 is 29.1 Å². The van der Waals surface area contributed by atoms with Gasteiger partial charge >= 0.3 is 0 Å². The molecule has 0 spiro atoms. The summed E-state index contributed by atoms with van der Waals surface area (Å²) in [5.74, 6) is -0.160. The molecule has 0 aromatic heterocycles. The van der Waals surface area contributed by atoms with Gasteiger partial charge < -0.3 is 0 Å². The van der Waals surface area contributed by atoms with E-state index in [9.17, 15) is 9.59 Å². The van der Waals surface area contributed by atoms with E-state index in [-0.39, 0.29) is 23.1 Å². The summed E-state index contributed by atoms with van der Waals surface area (Å²) >= 11 is 1.53. The second-order valence-electron chi connectivity index (χ2n) is 7.81. The number of benzene rings is 1. The molecule has 1 saturated carbocycles. The highest BCUT2D eigenvalue weighted by atomic mass is 32.2. The van der Waals surface area contributed by atoms with Crippen LogP contribution in [-0.4, -0.2) is 28.0 Å². The molecule has 1 aromatic carbocycles. The second kappa shape index (κ2) is 7.99. The Morgan fingerprint density at radius 2 is 1.65 bits per heavy atom. The number of carbonyl (C=O) groups is 2. The number of thioether (sulfide) groups is 1. The van der Waals surface area contributed by atoms with E-state index in [1.807, 2.05) is 26.0 Å². The van der Waals surface area contributed by atoms with Crippen LogP contribution >= 0.6 is 11.8 Å². The van der Waals surface area contributed by atoms with Crippen molar-refractivity contribution in [1.82, 2.24) is 4.90 Å². The number of hydrogen-bond acceptors (Lipinski definition) is 3. The Bertz CT molecular complexity index is 743. The first-order chi connectivity index (χ1) is 12.4. The van der Waals surface area contributed by atoms with Crippen molar-refractivity contribution in [3.63, 3.8) is 0 Å². The maximum atomic E-state index is 13.4. The van der Waals surface area contributed by atoms with Crippen LogP contribution in [0, 0.1) is 13.8 Å². The van der Waals surface area contributed by atoms with Gasteiger partial charge in [-0.05, 0) is 37.8 Å². The van der Waals surface area contributed by atoms with Crippen LogP contribution in [-0.2, 0) is 9.59 Å². The van der Waals surface area contributed by atoms with Crippen LogP contribution in [0.15, 0.2) is 23.1 Å². The van der Waals surface area contributed by atoms with Crippen molar-refractivity contribution in [2.24, 2.45) is 0 Å². The smallest absolute Gasteiger partial charge is 0.268 e. The first-order valence-corrected chi connectivity index (χ1v) is 10.6. The van der Waals surface area contributed by atoms with Crippen LogP contribution in [0.1, 0.15) is 69.1 Å². The largest absolute Gasteiger partial charge is 0.271 e. The standard InChI is InChI=1S/C22H29NO2S/c1-14(2)26-20-19(18-12-11-15(3)13-16(18)4)21(24)23(22(20)25)17-9-7-5-6-8-10-17/h11-14,17H,5-10H2,1-4H3. The lowest BCUT2D eigenvalue weighted by Gasteiger charge is -2.25. The van der Waals surface area contributed by atoms with E-state index in [1.165, 1.54) is 30.2 Å². The van der Waals surface area contributed by atoms with Gasteiger partial charge in [0.1, 0.15) is 0 Å². The normalized spacial score (nSPS) is 19.7. The van der Waals surface area contributed by atoms with Gasteiger partial charge in [0.05, 0.1) is 10.5 Å². The highest BCUT2D eigenvalue weighted by Crippen LogP contribution is 2.41. The van der Waals surface area contributed by atoms with Gasteiger partial charge in [-0.25, -0.2) is 0 Å². The predicted molar refractivity (Wildman–Crippen MR) is 109 cm³/mol. The summed E-state index contributed by atoms with van der Waals surface area (Å²) in [7, 11) is 0. The molecule has 1 aliphatic heterocycles. The molecule has 3 rings (SSSR count). The summed E-state index contributed by atoms with van der Waals surface area (Å²) in [6.07, 6.45) is 6.50. The van der Waals surface area contributed by atoms with Crippen molar-refractivity contribution < 1.29 is 9.59 Å². The van der Waals surface area contributed by atoms with Crippen molar-refractivity contribution in [1.29, 1.82) is 0 Å². The molecule has 1 fully saturated rings. The maximum Gasteiger partial charge on any atom is 0.268 e. The zero-order valence-corrected chi connectivity index (χ0v) is 17.1. The monoisotopic (exact) mass is 371 g/mol. The third-order valence-electron chi connectivity index (χ3n) is 5.27. The van der Waals surface area contributed by atoms with E-state index >= 15 is 0 Å². The molecule has 0 unspecified atom stereocenters. The van der Waals surface area contributed by atoms with Gasteiger partial charge in [-0.2, -0.15) is 0 Å². The third-order valence-corrected chi connectivity index (χ3v) is 6.35. The molecule has 0 bridgehead atoms. The Kier molecular flexibility index (Phi) is 5.91. The summed E-state index contributed by atoms with van der Waals surface area (Å²) in [5.41, 5.74) is 3.76. The van der Waals surface area contributed by atoms with Crippen LogP contribution < -0.4 is 0 Å². The van der Waals surface area contributed by atoms with Crippen LogP contribution in [0.25, 0.3) is 5.57 Å². The minimum atomic E-state index is -0.0861. The Morgan fingerprint density at radius 3 is 2.23 bits per heavy atom. The quantitative estimate of drug-likeness (QED) is 0.536. The molecule has 1 heterocycles. The van der Waals surface area contributed by atoms with Crippen LogP contribution in [0.3, 0.4) is 0 Å². The van der Waals surface area contributed by atoms with E-state index in [2.05, 4.69) is 19.9 Å². The van der Waals surface area contributed by atoms with Gasteiger partial charge in [-0.3, -0.25) is 14.5 Å². The highest BCUT2D eigenvalue weighted by molar-refractivity contribution is 8.04. The molecule has 4 heteroatoms. The van der Waals surface area contributed by atoms with Crippen LogP contribution in [0.2, 0.25) is 0 Å². The minimum absolute atomic E-state index is 0.0588. The predicted octanol–water partition coefficient (Wildman–Crippen LogP) is 5.25. The molecule has 1 aromatic rings. The Morgan fingerprint density at radius 1 is 1.00 bits per heavy atom. The van der Waals surface area contributed by atoms with Crippen LogP contribution in [0.5, 0.6) is 0 Å². The molecule has 0 saturated heterocycles. The molecule has 1 aliphatic carbocycles. The summed E-state index contributed by atoms with van der Waals surface area (Å²) in [6.45, 7) is 8.22. The van der Waals surface area contributed by atoms with E-state index in [0.717, 1.165) is 36.8 Å². The van der Waals surface area contributed by atoms with Crippen LogP contribution in [0.4, 0.5) is 0 Å². The average Bonchev–Trinajstić information content (AvgIpc) is 2.76. The molecule has 26 heavy (non-hydrogen) atoms. The fraction of sp³-hybridized carbons (Fsp3) is 0.545. The van der Waals surface area contributed by atoms with Gasteiger partial charge in [-0.1, -0.05) is 63.3 Å². The Labute approximate surface area is 161 Å². The summed E-state index contributed by atoms with van der Waals surface area (Å²) < 4.78 is 0. The summed E-state index contributed by atoms with van der Waals surface area (Å²) in [6, 6.07) is 6.18. The topological polar surface area (TPSA) is 37.4 Å². The molecule has 2 amide bonds. The minimum Gasteiger partial charge on any atom is -0.271 e. The maximum absolute atomic E-state index is 13.4. The summed E-state index contributed by atoms with van der Waals surface area (Å²) in [4.78, 5) is 28.9. The lowest BCUT2D eigenvalue weighted by molar-refractivity contribution is -0.139. The van der Waals surface area contributed by atoms with Crippen molar-refractivity contribution in [2.75, 3.05) is 0 Å². The first-order valence-electron chi connectivity index (χ1n) is 9.76.